The van der Waals surface area contributed by atoms with Crippen LogP contribution in [0.5, 0.6) is 0 Å². The SMILES string of the molecule is O=C(O)c1cc(-c2ccc(F)cc2F)n(CCO)n1. The predicted octanol–water partition coefficient (Wildman–Crippen LogP) is 1.52. The van der Waals surface area contributed by atoms with Crippen LogP contribution in [0.2, 0.25) is 0 Å². The van der Waals surface area contributed by atoms with E-state index in [9.17, 15) is 13.6 Å². The third-order valence-corrected chi connectivity index (χ3v) is 2.52. The molecule has 0 bridgehead atoms. The fourth-order valence-electron chi connectivity index (χ4n) is 1.70. The maximum Gasteiger partial charge on any atom is 0.356 e. The molecule has 100 valence electrons. The summed E-state index contributed by atoms with van der Waals surface area (Å²) in [7, 11) is 0. The summed E-state index contributed by atoms with van der Waals surface area (Å²) in [6, 6.07) is 4.14. The van der Waals surface area contributed by atoms with Gasteiger partial charge in [0.15, 0.2) is 5.69 Å². The number of carboxylic acids is 1. The molecular weight excluding hydrogens is 258 g/mol. The van der Waals surface area contributed by atoms with Crippen LogP contribution in [0.25, 0.3) is 11.3 Å². The number of hydrogen-bond acceptors (Lipinski definition) is 3. The van der Waals surface area contributed by atoms with E-state index in [1.54, 1.807) is 0 Å². The van der Waals surface area contributed by atoms with Crippen molar-refractivity contribution in [2.24, 2.45) is 0 Å². The van der Waals surface area contributed by atoms with Gasteiger partial charge in [-0.2, -0.15) is 5.10 Å². The number of rotatable bonds is 4. The van der Waals surface area contributed by atoms with Crippen molar-refractivity contribution in [3.63, 3.8) is 0 Å². The van der Waals surface area contributed by atoms with Gasteiger partial charge in [-0.25, -0.2) is 13.6 Å². The summed E-state index contributed by atoms with van der Waals surface area (Å²) in [4.78, 5) is 10.8. The summed E-state index contributed by atoms with van der Waals surface area (Å²) >= 11 is 0. The third kappa shape index (κ3) is 2.60. The fourth-order valence-corrected chi connectivity index (χ4v) is 1.70. The Morgan fingerprint density at radius 2 is 2.05 bits per heavy atom. The number of aromatic carboxylic acids is 1. The highest BCUT2D eigenvalue weighted by molar-refractivity contribution is 5.87. The lowest BCUT2D eigenvalue weighted by Crippen LogP contribution is -2.07. The monoisotopic (exact) mass is 268 g/mol. The van der Waals surface area contributed by atoms with Gasteiger partial charge in [0.25, 0.3) is 0 Å². The summed E-state index contributed by atoms with van der Waals surface area (Å²) in [6.45, 7) is -0.268. The van der Waals surface area contributed by atoms with Gasteiger partial charge in [0, 0.05) is 11.6 Å². The molecule has 1 heterocycles. The topological polar surface area (TPSA) is 75.3 Å². The molecule has 0 saturated heterocycles. The molecule has 19 heavy (non-hydrogen) atoms. The van der Waals surface area contributed by atoms with E-state index in [2.05, 4.69) is 5.10 Å². The molecule has 0 aliphatic heterocycles. The second kappa shape index (κ2) is 5.15. The largest absolute Gasteiger partial charge is 0.476 e. The van der Waals surface area contributed by atoms with E-state index in [0.717, 1.165) is 6.07 Å². The summed E-state index contributed by atoms with van der Waals surface area (Å²) in [5.74, 6) is -2.82. The normalized spacial score (nSPS) is 10.7. The van der Waals surface area contributed by atoms with Crippen LogP contribution in [0.3, 0.4) is 0 Å². The van der Waals surface area contributed by atoms with Crippen molar-refractivity contribution in [2.75, 3.05) is 6.61 Å². The number of halogens is 2. The minimum Gasteiger partial charge on any atom is -0.476 e. The molecule has 0 spiro atoms. The Balaban J connectivity index is 2.56. The van der Waals surface area contributed by atoms with Crippen molar-refractivity contribution < 1.29 is 23.8 Å². The van der Waals surface area contributed by atoms with Crippen LogP contribution < -0.4 is 0 Å². The van der Waals surface area contributed by atoms with Gasteiger partial charge >= 0.3 is 5.97 Å². The highest BCUT2D eigenvalue weighted by Crippen LogP contribution is 2.24. The van der Waals surface area contributed by atoms with Crippen molar-refractivity contribution in [1.82, 2.24) is 9.78 Å². The van der Waals surface area contributed by atoms with Gasteiger partial charge < -0.3 is 10.2 Å². The summed E-state index contributed by atoms with van der Waals surface area (Å²) in [5, 5.41) is 21.5. The predicted molar refractivity (Wildman–Crippen MR) is 61.6 cm³/mol. The smallest absolute Gasteiger partial charge is 0.356 e. The maximum absolute atomic E-state index is 13.7. The quantitative estimate of drug-likeness (QED) is 0.881. The van der Waals surface area contributed by atoms with Gasteiger partial charge in [-0.05, 0) is 18.2 Å². The van der Waals surface area contributed by atoms with Gasteiger partial charge in [-0.3, -0.25) is 4.68 Å². The molecule has 2 rings (SSSR count). The second-order valence-electron chi connectivity index (χ2n) is 3.79. The zero-order valence-corrected chi connectivity index (χ0v) is 9.68. The van der Waals surface area contributed by atoms with Crippen molar-refractivity contribution in [3.8, 4) is 11.3 Å². The Morgan fingerprint density at radius 3 is 2.63 bits per heavy atom. The number of nitrogens with zero attached hydrogens (tertiary/aromatic N) is 2. The van der Waals surface area contributed by atoms with E-state index < -0.39 is 17.6 Å². The summed E-state index contributed by atoms with van der Waals surface area (Å²) < 4.78 is 27.7. The van der Waals surface area contributed by atoms with Crippen LogP contribution in [-0.4, -0.2) is 32.6 Å². The van der Waals surface area contributed by atoms with Crippen molar-refractivity contribution >= 4 is 5.97 Å². The minimum absolute atomic E-state index is 0.0133. The number of aliphatic hydroxyl groups excluding tert-OH is 1. The van der Waals surface area contributed by atoms with Gasteiger partial charge in [0.1, 0.15) is 11.6 Å². The molecule has 1 aromatic carbocycles. The standard InChI is InChI=1S/C12H10F2N2O3/c13-7-1-2-8(9(14)5-7)11-6-10(12(18)19)15-16(11)3-4-17/h1-2,5-6,17H,3-4H2,(H,18,19). The highest BCUT2D eigenvalue weighted by atomic mass is 19.1. The fraction of sp³-hybridized carbons (Fsp3) is 0.167. The highest BCUT2D eigenvalue weighted by Gasteiger charge is 2.17. The Bertz CT molecular complexity index is 625. The molecule has 0 saturated carbocycles. The maximum atomic E-state index is 13.7. The molecule has 0 atom stereocenters. The zero-order chi connectivity index (χ0) is 14.0. The van der Waals surface area contributed by atoms with Crippen LogP contribution in [0.1, 0.15) is 10.5 Å². The number of carboxylic acid groups (broad SMARTS) is 1. The first kappa shape index (κ1) is 13.2. The number of benzene rings is 1. The van der Waals surface area contributed by atoms with Crippen LogP contribution in [0, 0.1) is 11.6 Å². The molecule has 5 nitrogen and oxygen atoms in total. The first-order valence-electron chi connectivity index (χ1n) is 5.40. The van der Waals surface area contributed by atoms with E-state index in [0.29, 0.717) is 6.07 Å². The molecule has 0 fully saturated rings. The Morgan fingerprint density at radius 1 is 1.32 bits per heavy atom. The average Bonchev–Trinajstić information content (AvgIpc) is 2.74. The number of aliphatic hydroxyl groups is 1. The van der Waals surface area contributed by atoms with E-state index in [-0.39, 0.29) is 30.1 Å². The van der Waals surface area contributed by atoms with Crippen LogP contribution in [-0.2, 0) is 6.54 Å². The second-order valence-corrected chi connectivity index (χ2v) is 3.79. The molecule has 7 heteroatoms. The van der Waals surface area contributed by atoms with E-state index in [1.807, 2.05) is 0 Å². The van der Waals surface area contributed by atoms with Gasteiger partial charge in [0.2, 0.25) is 0 Å². The summed E-state index contributed by atoms with van der Waals surface area (Å²) in [6.07, 6.45) is 0. The lowest BCUT2D eigenvalue weighted by atomic mass is 10.1. The minimum atomic E-state index is -1.26. The molecule has 0 amide bonds. The molecular formula is C12H10F2N2O3. The molecule has 2 N–H and O–H groups in total. The van der Waals surface area contributed by atoms with Gasteiger partial charge in [-0.1, -0.05) is 0 Å². The number of carbonyl (C=O) groups is 1. The Labute approximate surface area is 106 Å². The Hall–Kier alpha value is -2.28. The molecule has 0 radical (unpaired) electrons. The van der Waals surface area contributed by atoms with Crippen molar-refractivity contribution in [3.05, 3.63) is 41.6 Å². The average molecular weight is 268 g/mol. The van der Waals surface area contributed by atoms with Crippen LogP contribution in [0.4, 0.5) is 8.78 Å². The van der Waals surface area contributed by atoms with E-state index in [1.165, 1.54) is 16.8 Å². The zero-order valence-electron chi connectivity index (χ0n) is 9.68. The third-order valence-electron chi connectivity index (χ3n) is 2.52. The molecule has 1 aromatic heterocycles. The molecule has 2 aromatic rings. The Kier molecular flexibility index (Phi) is 3.57. The van der Waals surface area contributed by atoms with E-state index in [4.69, 9.17) is 10.2 Å². The van der Waals surface area contributed by atoms with Crippen LogP contribution in [0.15, 0.2) is 24.3 Å². The molecule has 0 unspecified atom stereocenters. The van der Waals surface area contributed by atoms with Gasteiger partial charge in [0.05, 0.1) is 18.8 Å². The van der Waals surface area contributed by atoms with Crippen molar-refractivity contribution in [1.29, 1.82) is 0 Å². The first-order chi connectivity index (χ1) is 9.02. The van der Waals surface area contributed by atoms with Crippen molar-refractivity contribution in [2.45, 2.75) is 6.54 Å². The number of hydrogen-bond donors (Lipinski definition) is 2. The molecule has 0 aliphatic carbocycles. The lowest BCUT2D eigenvalue weighted by Gasteiger charge is -2.06. The first-order valence-corrected chi connectivity index (χ1v) is 5.40. The van der Waals surface area contributed by atoms with Gasteiger partial charge in [-0.15, -0.1) is 0 Å². The summed E-state index contributed by atoms with van der Waals surface area (Å²) in [5.41, 5.74) is -0.0778. The number of aromatic nitrogens is 2. The van der Waals surface area contributed by atoms with Crippen LogP contribution >= 0.6 is 0 Å². The van der Waals surface area contributed by atoms with E-state index >= 15 is 0 Å². The molecule has 0 aliphatic rings. The lowest BCUT2D eigenvalue weighted by molar-refractivity contribution is 0.0689.